The van der Waals surface area contributed by atoms with E-state index >= 15 is 0 Å². The molecule has 4 nitrogen and oxygen atoms in total. The molecule has 1 aliphatic heterocycles. The van der Waals surface area contributed by atoms with Crippen molar-refractivity contribution >= 4 is 0 Å². The van der Waals surface area contributed by atoms with Gasteiger partial charge in [-0.15, -0.1) is 0 Å². The molecule has 0 radical (unpaired) electrons. The first-order valence-corrected chi connectivity index (χ1v) is 5.81. The Morgan fingerprint density at radius 3 is 2.76 bits per heavy atom. The molecule has 0 amide bonds. The lowest BCUT2D eigenvalue weighted by Gasteiger charge is -2.47. The summed E-state index contributed by atoms with van der Waals surface area (Å²) >= 11 is 0. The molecule has 0 atom stereocenters. The zero-order chi connectivity index (χ0) is 12.5. The van der Waals surface area contributed by atoms with Crippen LogP contribution in [0.3, 0.4) is 0 Å². The Hall–Kier alpha value is -1.41. The lowest BCUT2D eigenvalue weighted by molar-refractivity contribution is -0.0220. The van der Waals surface area contributed by atoms with Gasteiger partial charge in [0.15, 0.2) is 0 Å². The molecule has 0 aliphatic carbocycles. The van der Waals surface area contributed by atoms with Gasteiger partial charge in [0, 0.05) is 19.3 Å². The molecule has 0 unspecified atom stereocenters. The molecule has 1 fully saturated rings. The average molecular weight is 236 g/mol. The van der Waals surface area contributed by atoms with Crippen molar-refractivity contribution in [1.82, 2.24) is 14.7 Å². The maximum atomic E-state index is 12.5. The number of alkyl halides is 1. The second-order valence-electron chi connectivity index (χ2n) is 5.04. The van der Waals surface area contributed by atoms with Gasteiger partial charge in [-0.3, -0.25) is 9.58 Å². The Labute approximate surface area is 101 Å². The van der Waals surface area contributed by atoms with Crippen molar-refractivity contribution in [2.75, 3.05) is 19.9 Å². The van der Waals surface area contributed by atoms with Crippen LogP contribution in [0.4, 0.5) is 4.39 Å². The van der Waals surface area contributed by atoms with Crippen LogP contribution in [0.1, 0.15) is 31.7 Å². The van der Waals surface area contributed by atoms with Crippen molar-refractivity contribution in [3.63, 3.8) is 0 Å². The average Bonchev–Trinajstić information content (AvgIpc) is 2.72. The molecule has 17 heavy (non-hydrogen) atoms. The predicted octanol–water partition coefficient (Wildman–Crippen LogP) is 1.86. The molecule has 2 heterocycles. The monoisotopic (exact) mass is 236 g/mol. The fraction of sp³-hybridized carbons (Fsp3) is 0.667. The van der Waals surface area contributed by atoms with Gasteiger partial charge in [0.05, 0.1) is 18.7 Å². The number of aromatic nitrogens is 2. The van der Waals surface area contributed by atoms with Gasteiger partial charge in [-0.25, -0.2) is 4.39 Å². The Balaban J connectivity index is 2.20. The highest BCUT2D eigenvalue weighted by atomic mass is 19.1. The van der Waals surface area contributed by atoms with E-state index in [1.54, 1.807) is 4.90 Å². The second kappa shape index (κ2) is 4.46. The van der Waals surface area contributed by atoms with Crippen molar-refractivity contribution in [2.45, 2.75) is 31.7 Å². The van der Waals surface area contributed by atoms with Gasteiger partial charge in [0.1, 0.15) is 12.3 Å². The van der Waals surface area contributed by atoms with E-state index in [0.29, 0.717) is 25.4 Å². The Morgan fingerprint density at radius 2 is 2.29 bits per heavy atom. The molecule has 1 saturated heterocycles. The summed E-state index contributed by atoms with van der Waals surface area (Å²) in [5, 5.41) is 13.2. The van der Waals surface area contributed by atoms with Gasteiger partial charge in [-0.05, 0) is 11.5 Å². The fourth-order valence-corrected chi connectivity index (χ4v) is 2.25. The lowest BCUT2D eigenvalue weighted by Crippen LogP contribution is -2.62. The minimum atomic E-state index is -0.453. The standard InChI is InChI=1S/C12H17FN4/c1-10(2)11-5-15-17(6-11)12(3-4-14)7-16(8-12)9-13/h5-6,10H,3,7-9H2,1-2H3. The molecule has 2 rings (SSSR count). The van der Waals surface area contributed by atoms with Crippen LogP contribution in [0.25, 0.3) is 0 Å². The fourth-order valence-electron chi connectivity index (χ4n) is 2.25. The van der Waals surface area contributed by atoms with Gasteiger partial charge in [0.2, 0.25) is 0 Å². The van der Waals surface area contributed by atoms with E-state index in [1.165, 1.54) is 0 Å². The SMILES string of the molecule is CC(C)c1cnn(C2(CC#N)CN(CF)C2)c1. The summed E-state index contributed by atoms with van der Waals surface area (Å²) in [6.07, 6.45) is 4.20. The number of nitrogens with zero attached hydrogens (tertiary/aromatic N) is 4. The van der Waals surface area contributed by atoms with Crippen LogP contribution >= 0.6 is 0 Å². The van der Waals surface area contributed by atoms with Gasteiger partial charge in [-0.2, -0.15) is 10.4 Å². The zero-order valence-corrected chi connectivity index (χ0v) is 10.2. The predicted molar refractivity (Wildman–Crippen MR) is 62.1 cm³/mol. The van der Waals surface area contributed by atoms with Gasteiger partial charge in [-0.1, -0.05) is 13.8 Å². The van der Waals surface area contributed by atoms with E-state index in [9.17, 15) is 4.39 Å². The Morgan fingerprint density at radius 1 is 1.59 bits per heavy atom. The zero-order valence-electron chi connectivity index (χ0n) is 10.2. The van der Waals surface area contributed by atoms with E-state index in [2.05, 4.69) is 25.0 Å². The third kappa shape index (κ3) is 2.05. The first-order valence-electron chi connectivity index (χ1n) is 5.81. The highest BCUT2D eigenvalue weighted by Gasteiger charge is 2.45. The molecular formula is C12H17FN4. The van der Waals surface area contributed by atoms with Crippen LogP contribution in [-0.2, 0) is 5.54 Å². The van der Waals surface area contributed by atoms with Crippen LogP contribution in [0.15, 0.2) is 12.4 Å². The second-order valence-corrected chi connectivity index (χ2v) is 5.04. The quantitative estimate of drug-likeness (QED) is 0.749. The Kier molecular flexibility index (Phi) is 3.16. The lowest BCUT2D eigenvalue weighted by atomic mass is 9.87. The van der Waals surface area contributed by atoms with Crippen LogP contribution in [0, 0.1) is 11.3 Å². The van der Waals surface area contributed by atoms with Crippen molar-refractivity contribution in [3.8, 4) is 6.07 Å². The number of hydrogen-bond acceptors (Lipinski definition) is 3. The first kappa shape index (κ1) is 12.1. The van der Waals surface area contributed by atoms with Crippen LogP contribution in [-0.4, -0.2) is 34.6 Å². The normalized spacial score (nSPS) is 19.0. The molecule has 1 aliphatic rings. The van der Waals surface area contributed by atoms with E-state index in [1.807, 2.05) is 17.1 Å². The molecule has 0 saturated carbocycles. The van der Waals surface area contributed by atoms with Crippen molar-refractivity contribution < 1.29 is 4.39 Å². The molecule has 0 aromatic carbocycles. The Bertz CT molecular complexity index is 426. The smallest absolute Gasteiger partial charge is 0.143 e. The van der Waals surface area contributed by atoms with E-state index in [-0.39, 0.29) is 5.54 Å². The maximum absolute atomic E-state index is 12.5. The highest BCUT2D eigenvalue weighted by molar-refractivity contribution is 5.13. The summed E-state index contributed by atoms with van der Waals surface area (Å²) in [5.74, 6) is 0.417. The molecule has 0 spiro atoms. The van der Waals surface area contributed by atoms with Gasteiger partial charge in [0.25, 0.3) is 0 Å². The summed E-state index contributed by atoms with van der Waals surface area (Å²) in [7, 11) is 0. The summed E-state index contributed by atoms with van der Waals surface area (Å²) < 4.78 is 14.3. The minimum absolute atomic E-state index is 0.325. The summed E-state index contributed by atoms with van der Waals surface area (Å²) in [4.78, 5) is 1.67. The molecule has 0 bridgehead atoms. The largest absolute Gasteiger partial charge is 0.272 e. The third-order valence-corrected chi connectivity index (χ3v) is 3.37. The topological polar surface area (TPSA) is 44.9 Å². The summed E-state index contributed by atoms with van der Waals surface area (Å²) in [6, 6.07) is 2.18. The number of likely N-dealkylation sites (tertiary alicyclic amines) is 1. The van der Waals surface area contributed by atoms with Crippen LogP contribution in [0.5, 0.6) is 0 Å². The van der Waals surface area contributed by atoms with Crippen molar-refractivity contribution in [3.05, 3.63) is 18.0 Å². The number of halogens is 1. The maximum Gasteiger partial charge on any atom is 0.143 e. The molecule has 0 N–H and O–H groups in total. The van der Waals surface area contributed by atoms with Gasteiger partial charge < -0.3 is 0 Å². The van der Waals surface area contributed by atoms with Crippen molar-refractivity contribution in [2.24, 2.45) is 0 Å². The molecule has 92 valence electrons. The van der Waals surface area contributed by atoms with Crippen LogP contribution in [0.2, 0.25) is 0 Å². The minimum Gasteiger partial charge on any atom is -0.272 e. The van der Waals surface area contributed by atoms with E-state index in [0.717, 1.165) is 5.56 Å². The number of rotatable bonds is 4. The summed E-state index contributed by atoms with van der Waals surface area (Å²) in [6.45, 7) is 4.89. The number of nitriles is 1. The first-order chi connectivity index (χ1) is 8.11. The molecular weight excluding hydrogens is 219 g/mol. The van der Waals surface area contributed by atoms with Crippen LogP contribution < -0.4 is 0 Å². The summed E-state index contributed by atoms with van der Waals surface area (Å²) in [5.41, 5.74) is 0.828. The molecule has 1 aromatic heterocycles. The van der Waals surface area contributed by atoms with E-state index < -0.39 is 6.80 Å². The third-order valence-electron chi connectivity index (χ3n) is 3.37. The highest BCUT2D eigenvalue weighted by Crippen LogP contribution is 2.32. The van der Waals surface area contributed by atoms with E-state index in [4.69, 9.17) is 5.26 Å². The van der Waals surface area contributed by atoms with Gasteiger partial charge >= 0.3 is 0 Å². The number of hydrogen-bond donors (Lipinski definition) is 0. The molecule has 5 heteroatoms. The molecule has 1 aromatic rings. The van der Waals surface area contributed by atoms with Crippen molar-refractivity contribution in [1.29, 1.82) is 5.26 Å².